The average molecular weight is 330 g/mol. The Balaban J connectivity index is 0.000000231. The van der Waals surface area contributed by atoms with Gasteiger partial charge in [0.05, 0.1) is 20.0 Å². The van der Waals surface area contributed by atoms with E-state index in [1.54, 1.807) is 0 Å². The molecular formula is C15H22O8. The van der Waals surface area contributed by atoms with E-state index in [4.69, 9.17) is 5.26 Å². The molecule has 0 radical (unpaired) electrons. The Kier molecular flexibility index (Phi) is 7.31. The lowest BCUT2D eigenvalue weighted by Gasteiger charge is -2.08. The smallest absolute Gasteiger partial charge is 0.303 e. The second-order valence-electron chi connectivity index (χ2n) is 6.18. The second kappa shape index (κ2) is 8.73. The van der Waals surface area contributed by atoms with Crippen molar-refractivity contribution in [2.75, 3.05) is 7.11 Å². The van der Waals surface area contributed by atoms with Gasteiger partial charge in [-0.2, -0.15) is 10.1 Å². The van der Waals surface area contributed by atoms with E-state index in [2.05, 4.69) is 14.7 Å². The van der Waals surface area contributed by atoms with Gasteiger partial charge in [0.15, 0.2) is 0 Å². The lowest BCUT2D eigenvalue weighted by atomic mass is 9.99. The zero-order valence-corrected chi connectivity index (χ0v) is 13.1. The molecule has 8 nitrogen and oxygen atoms in total. The van der Waals surface area contributed by atoms with Gasteiger partial charge in [0.25, 0.3) is 0 Å². The minimum absolute atomic E-state index is 0.0998. The Morgan fingerprint density at radius 3 is 1.70 bits per heavy atom. The molecule has 0 saturated heterocycles. The lowest BCUT2D eigenvalue weighted by Crippen LogP contribution is -2.12. The fraction of sp³-hybridized carbons (Fsp3) is 0.733. The summed E-state index contributed by atoms with van der Waals surface area (Å²) in [6.07, 6.45) is 6.57. The molecule has 2 aliphatic rings. The molecule has 0 aromatic rings. The van der Waals surface area contributed by atoms with E-state index in [0.29, 0.717) is 19.3 Å². The number of hydrogen-bond acceptors (Lipinski definition) is 8. The monoisotopic (exact) mass is 330 g/mol. The van der Waals surface area contributed by atoms with Gasteiger partial charge in [-0.1, -0.05) is 0 Å². The third-order valence-corrected chi connectivity index (χ3v) is 4.26. The predicted octanol–water partition coefficient (Wildman–Crippen LogP) is 1.61. The molecule has 0 unspecified atom stereocenters. The summed E-state index contributed by atoms with van der Waals surface area (Å²) in [7, 11) is 1.29. The number of carbonyl (C=O) groups excluding carboxylic acids is 4. The van der Waals surface area contributed by atoms with Crippen LogP contribution in [0.5, 0.6) is 0 Å². The molecule has 0 bridgehead atoms. The number of hydrogen-bond donors (Lipinski definition) is 1. The quantitative estimate of drug-likeness (QED) is 0.385. The van der Waals surface area contributed by atoms with Gasteiger partial charge in [-0.25, -0.2) is 9.59 Å². The summed E-state index contributed by atoms with van der Waals surface area (Å²) >= 11 is 0. The molecule has 2 saturated carbocycles. The van der Waals surface area contributed by atoms with Gasteiger partial charge in [0, 0.05) is 12.8 Å². The molecule has 8 heteroatoms. The van der Waals surface area contributed by atoms with E-state index in [-0.39, 0.29) is 17.3 Å². The highest BCUT2D eigenvalue weighted by molar-refractivity contribution is 5.71. The van der Waals surface area contributed by atoms with Crippen LogP contribution in [0.4, 0.5) is 0 Å². The van der Waals surface area contributed by atoms with Crippen LogP contribution < -0.4 is 0 Å². The van der Waals surface area contributed by atoms with Crippen molar-refractivity contribution >= 4 is 24.5 Å². The van der Waals surface area contributed by atoms with Crippen molar-refractivity contribution in [3.05, 3.63) is 0 Å². The van der Waals surface area contributed by atoms with E-state index >= 15 is 0 Å². The van der Waals surface area contributed by atoms with Gasteiger partial charge in [0.1, 0.15) is 12.6 Å². The zero-order valence-electron chi connectivity index (χ0n) is 13.1. The molecule has 0 aromatic carbocycles. The second-order valence-corrected chi connectivity index (χ2v) is 6.18. The Labute approximate surface area is 133 Å². The zero-order chi connectivity index (χ0) is 17.3. The maximum atomic E-state index is 10.9. The van der Waals surface area contributed by atoms with Gasteiger partial charge < -0.3 is 14.5 Å². The molecule has 0 heterocycles. The minimum atomic E-state index is -0.649. The number of carbonyl (C=O) groups is 4. The predicted molar refractivity (Wildman–Crippen MR) is 75.8 cm³/mol. The van der Waals surface area contributed by atoms with E-state index in [9.17, 15) is 19.2 Å². The summed E-state index contributed by atoms with van der Waals surface area (Å²) in [6.45, 7) is 0. The molecule has 0 atom stereocenters. The first-order valence-electron chi connectivity index (χ1n) is 7.40. The van der Waals surface area contributed by atoms with Gasteiger partial charge in [-0.15, -0.1) is 0 Å². The van der Waals surface area contributed by atoms with E-state index in [0.717, 1.165) is 38.3 Å². The van der Waals surface area contributed by atoms with Crippen LogP contribution >= 0.6 is 0 Å². The Bertz CT molecular complexity index is 437. The van der Waals surface area contributed by atoms with Crippen LogP contribution in [-0.2, 0) is 33.8 Å². The Morgan fingerprint density at radius 1 is 0.957 bits per heavy atom. The molecule has 2 rings (SSSR count). The van der Waals surface area contributed by atoms with Gasteiger partial charge >= 0.3 is 11.9 Å². The standard InChI is InChI=1S/C8H12O4.C7H10O4/c1-11-12-7(10)6-8(2-3-8)4-5-9;8-4-3-7(1-2-7)5-6(9)11-10/h5H,2-4,6H2,1H3;4,10H,1-3,5H2. The van der Waals surface area contributed by atoms with Crippen LogP contribution in [0.1, 0.15) is 51.4 Å². The molecule has 0 aromatic heterocycles. The maximum absolute atomic E-state index is 10.9. The topological polar surface area (TPSA) is 116 Å². The van der Waals surface area contributed by atoms with Gasteiger partial charge in [-0.05, 0) is 36.5 Å². The fourth-order valence-corrected chi connectivity index (χ4v) is 2.38. The first-order valence-corrected chi connectivity index (χ1v) is 7.40. The first kappa shape index (κ1) is 19.2. The summed E-state index contributed by atoms with van der Waals surface area (Å²) in [5.74, 6) is -1.04. The van der Waals surface area contributed by atoms with Crippen molar-refractivity contribution in [1.29, 1.82) is 0 Å². The normalized spacial score (nSPS) is 18.7. The van der Waals surface area contributed by atoms with Gasteiger partial charge in [-0.3, -0.25) is 4.89 Å². The highest BCUT2D eigenvalue weighted by Crippen LogP contribution is 2.51. The SMILES string of the molecule is COOC(=O)CC1(CC=O)CC1.O=CCC1(CC(=O)OO)CC1. The maximum Gasteiger partial charge on any atom is 0.342 e. The third kappa shape index (κ3) is 6.87. The molecule has 2 fully saturated rings. The van der Waals surface area contributed by atoms with Gasteiger partial charge in [0.2, 0.25) is 0 Å². The summed E-state index contributed by atoms with van der Waals surface area (Å²) in [4.78, 5) is 53.8. The van der Waals surface area contributed by atoms with E-state index in [1.165, 1.54) is 7.11 Å². The molecular weight excluding hydrogens is 308 g/mol. The Morgan fingerprint density at radius 2 is 1.39 bits per heavy atom. The van der Waals surface area contributed by atoms with Crippen LogP contribution in [0.25, 0.3) is 0 Å². The molecule has 23 heavy (non-hydrogen) atoms. The van der Waals surface area contributed by atoms with Crippen molar-refractivity contribution in [3.63, 3.8) is 0 Å². The van der Waals surface area contributed by atoms with Crippen molar-refractivity contribution in [1.82, 2.24) is 0 Å². The molecule has 2 aliphatic carbocycles. The van der Waals surface area contributed by atoms with Crippen molar-refractivity contribution in [3.8, 4) is 0 Å². The van der Waals surface area contributed by atoms with E-state index in [1.807, 2.05) is 0 Å². The molecule has 0 amide bonds. The Hall–Kier alpha value is -1.80. The molecule has 0 aliphatic heterocycles. The summed E-state index contributed by atoms with van der Waals surface area (Å²) in [5, 5.41) is 7.96. The van der Waals surface area contributed by atoms with Crippen LogP contribution in [0.2, 0.25) is 0 Å². The van der Waals surface area contributed by atoms with Crippen molar-refractivity contribution < 1.29 is 39.1 Å². The number of aldehydes is 2. The third-order valence-electron chi connectivity index (χ3n) is 4.26. The fourth-order valence-electron chi connectivity index (χ4n) is 2.38. The highest BCUT2D eigenvalue weighted by atomic mass is 17.2. The van der Waals surface area contributed by atoms with Crippen molar-refractivity contribution in [2.24, 2.45) is 10.8 Å². The summed E-state index contributed by atoms with van der Waals surface area (Å²) < 4.78 is 0. The highest BCUT2D eigenvalue weighted by Gasteiger charge is 2.45. The molecule has 130 valence electrons. The number of rotatable bonds is 9. The molecule has 1 N–H and O–H groups in total. The molecule has 0 spiro atoms. The van der Waals surface area contributed by atoms with Crippen LogP contribution in [0.15, 0.2) is 0 Å². The van der Waals surface area contributed by atoms with E-state index < -0.39 is 11.9 Å². The lowest BCUT2D eigenvalue weighted by molar-refractivity contribution is -0.256. The minimum Gasteiger partial charge on any atom is -0.303 e. The van der Waals surface area contributed by atoms with Crippen LogP contribution in [0.3, 0.4) is 0 Å². The first-order chi connectivity index (χ1) is 10.9. The summed E-state index contributed by atoms with van der Waals surface area (Å²) in [6, 6.07) is 0. The van der Waals surface area contributed by atoms with Crippen LogP contribution in [-0.4, -0.2) is 36.9 Å². The largest absolute Gasteiger partial charge is 0.342 e. The van der Waals surface area contributed by atoms with Crippen LogP contribution in [0, 0.1) is 10.8 Å². The van der Waals surface area contributed by atoms with Crippen molar-refractivity contribution in [2.45, 2.75) is 51.4 Å². The summed E-state index contributed by atoms with van der Waals surface area (Å²) in [5.41, 5.74) is -0.279. The average Bonchev–Trinajstić information content (AvgIpc) is 3.41.